The van der Waals surface area contributed by atoms with Crippen LogP contribution in [0.4, 0.5) is 5.69 Å². The number of benzene rings is 3. The van der Waals surface area contributed by atoms with Gasteiger partial charge in [0.2, 0.25) is 5.91 Å². The Balaban J connectivity index is 1.63. The number of carbonyl (C=O) groups is 1. The van der Waals surface area contributed by atoms with E-state index in [0.29, 0.717) is 12.3 Å². The van der Waals surface area contributed by atoms with Gasteiger partial charge >= 0.3 is 0 Å². The molecule has 30 heavy (non-hydrogen) atoms. The van der Waals surface area contributed by atoms with Crippen molar-refractivity contribution in [2.24, 2.45) is 5.92 Å². The van der Waals surface area contributed by atoms with Crippen molar-refractivity contribution < 1.29 is 4.79 Å². The van der Waals surface area contributed by atoms with Gasteiger partial charge in [-0.25, -0.2) is 0 Å². The highest BCUT2D eigenvalue weighted by atomic mass is 16.2. The third kappa shape index (κ3) is 4.63. The van der Waals surface area contributed by atoms with Gasteiger partial charge in [0.25, 0.3) is 0 Å². The molecule has 3 nitrogen and oxygen atoms in total. The zero-order valence-electron chi connectivity index (χ0n) is 17.9. The highest BCUT2D eigenvalue weighted by molar-refractivity contribution is 5.95. The normalized spacial score (nSPS) is 16.0. The summed E-state index contributed by atoms with van der Waals surface area (Å²) in [6.07, 6.45) is 1.50. The first-order valence-electron chi connectivity index (χ1n) is 10.7. The molecule has 0 radical (unpaired) electrons. The Labute approximate surface area is 180 Å². The number of hydrogen-bond acceptors (Lipinski definition) is 2. The molecule has 3 aromatic rings. The van der Waals surface area contributed by atoms with Gasteiger partial charge in [-0.1, -0.05) is 78.9 Å². The molecule has 1 heterocycles. The molecule has 0 bridgehead atoms. The SMILES string of the molecule is CN(C)CC1Cc2ccccc2N(C(=O)CC(c2ccccc2)c2ccccc2)C1. The van der Waals surface area contributed by atoms with E-state index in [0.717, 1.165) is 25.2 Å². The van der Waals surface area contributed by atoms with Crippen LogP contribution in [0.2, 0.25) is 0 Å². The third-order valence-electron chi connectivity index (χ3n) is 5.94. The van der Waals surface area contributed by atoms with Gasteiger partial charge in [-0.15, -0.1) is 0 Å². The molecule has 0 aliphatic carbocycles. The van der Waals surface area contributed by atoms with E-state index in [4.69, 9.17) is 0 Å². The molecule has 0 spiro atoms. The second kappa shape index (κ2) is 9.27. The van der Waals surface area contributed by atoms with Gasteiger partial charge < -0.3 is 9.80 Å². The van der Waals surface area contributed by atoms with Crippen LogP contribution in [0.5, 0.6) is 0 Å². The fraction of sp³-hybridized carbons (Fsp3) is 0.296. The highest BCUT2D eigenvalue weighted by Gasteiger charge is 2.30. The Bertz CT molecular complexity index is 929. The summed E-state index contributed by atoms with van der Waals surface area (Å²) in [4.78, 5) is 17.9. The van der Waals surface area contributed by atoms with Crippen molar-refractivity contribution in [3.05, 3.63) is 102 Å². The van der Waals surface area contributed by atoms with E-state index in [1.807, 2.05) is 23.1 Å². The van der Waals surface area contributed by atoms with Crippen LogP contribution in [0.25, 0.3) is 0 Å². The lowest BCUT2D eigenvalue weighted by Crippen LogP contribution is -2.43. The fourth-order valence-electron chi connectivity index (χ4n) is 4.64. The van der Waals surface area contributed by atoms with E-state index in [-0.39, 0.29) is 11.8 Å². The molecular weight excluding hydrogens is 368 g/mol. The van der Waals surface area contributed by atoms with Crippen molar-refractivity contribution in [3.63, 3.8) is 0 Å². The Morgan fingerprint density at radius 1 is 0.900 bits per heavy atom. The summed E-state index contributed by atoms with van der Waals surface area (Å²) in [6.45, 7) is 1.77. The maximum absolute atomic E-state index is 13.7. The number of amides is 1. The number of hydrogen-bond donors (Lipinski definition) is 0. The Morgan fingerprint density at radius 3 is 2.07 bits per heavy atom. The first kappa shape index (κ1) is 20.4. The Kier molecular flexibility index (Phi) is 6.29. The number of fused-ring (bicyclic) bond motifs is 1. The molecule has 0 N–H and O–H groups in total. The molecule has 0 aromatic heterocycles. The number of anilines is 1. The van der Waals surface area contributed by atoms with Crippen LogP contribution >= 0.6 is 0 Å². The summed E-state index contributed by atoms with van der Waals surface area (Å²) in [5, 5.41) is 0. The largest absolute Gasteiger partial charge is 0.312 e. The second-order valence-electron chi connectivity index (χ2n) is 8.54. The van der Waals surface area contributed by atoms with Gasteiger partial charge in [-0.2, -0.15) is 0 Å². The van der Waals surface area contributed by atoms with E-state index < -0.39 is 0 Å². The number of para-hydroxylation sites is 1. The van der Waals surface area contributed by atoms with Gasteiger partial charge in [0, 0.05) is 31.1 Å². The van der Waals surface area contributed by atoms with E-state index in [1.165, 1.54) is 16.7 Å². The summed E-state index contributed by atoms with van der Waals surface area (Å²) < 4.78 is 0. The molecule has 0 saturated carbocycles. The standard InChI is InChI=1S/C27H30N2O/c1-28(2)19-21-17-24-15-9-10-16-26(24)29(20-21)27(30)18-25(22-11-5-3-6-12-22)23-13-7-4-8-14-23/h3-16,21,25H,17-20H2,1-2H3. The van der Waals surface area contributed by atoms with Crippen molar-refractivity contribution in [1.29, 1.82) is 0 Å². The van der Waals surface area contributed by atoms with Gasteiger partial charge in [0.1, 0.15) is 0 Å². The molecule has 4 rings (SSSR count). The predicted molar refractivity (Wildman–Crippen MR) is 124 cm³/mol. The monoisotopic (exact) mass is 398 g/mol. The Hall–Kier alpha value is -2.91. The minimum atomic E-state index is 0.0567. The summed E-state index contributed by atoms with van der Waals surface area (Å²) in [6, 6.07) is 29.2. The average Bonchev–Trinajstić information content (AvgIpc) is 2.77. The van der Waals surface area contributed by atoms with E-state index in [2.05, 4.69) is 85.7 Å². The number of nitrogens with zero attached hydrogens (tertiary/aromatic N) is 2. The van der Waals surface area contributed by atoms with Gasteiger partial charge in [0.05, 0.1) is 0 Å². The van der Waals surface area contributed by atoms with E-state index >= 15 is 0 Å². The van der Waals surface area contributed by atoms with Crippen LogP contribution in [0, 0.1) is 5.92 Å². The molecule has 1 unspecified atom stereocenters. The minimum Gasteiger partial charge on any atom is -0.312 e. The molecule has 0 fully saturated rings. The second-order valence-corrected chi connectivity index (χ2v) is 8.54. The van der Waals surface area contributed by atoms with Crippen LogP contribution in [-0.2, 0) is 11.2 Å². The van der Waals surface area contributed by atoms with Crippen LogP contribution in [-0.4, -0.2) is 38.0 Å². The van der Waals surface area contributed by atoms with Crippen LogP contribution in [0.3, 0.4) is 0 Å². The molecule has 1 atom stereocenters. The zero-order chi connectivity index (χ0) is 20.9. The van der Waals surface area contributed by atoms with Crippen molar-refractivity contribution in [2.45, 2.75) is 18.8 Å². The average molecular weight is 399 g/mol. The lowest BCUT2D eigenvalue weighted by Gasteiger charge is -2.36. The van der Waals surface area contributed by atoms with Crippen LogP contribution in [0.15, 0.2) is 84.9 Å². The van der Waals surface area contributed by atoms with Crippen molar-refractivity contribution >= 4 is 11.6 Å². The summed E-state index contributed by atoms with van der Waals surface area (Å²) >= 11 is 0. The third-order valence-corrected chi connectivity index (χ3v) is 5.94. The zero-order valence-corrected chi connectivity index (χ0v) is 17.9. The van der Waals surface area contributed by atoms with Crippen molar-refractivity contribution in [2.75, 3.05) is 32.1 Å². The van der Waals surface area contributed by atoms with E-state index in [1.54, 1.807) is 0 Å². The topological polar surface area (TPSA) is 23.6 Å². The molecule has 3 heteroatoms. The molecule has 154 valence electrons. The lowest BCUT2D eigenvalue weighted by molar-refractivity contribution is -0.119. The van der Waals surface area contributed by atoms with Crippen molar-refractivity contribution in [3.8, 4) is 0 Å². The molecule has 1 amide bonds. The summed E-state index contributed by atoms with van der Waals surface area (Å²) in [5.41, 5.74) is 4.73. The van der Waals surface area contributed by atoms with Gasteiger partial charge in [-0.05, 0) is 49.2 Å². The van der Waals surface area contributed by atoms with Crippen molar-refractivity contribution in [1.82, 2.24) is 4.90 Å². The number of rotatable bonds is 6. The first-order chi connectivity index (χ1) is 14.6. The van der Waals surface area contributed by atoms with Gasteiger partial charge in [-0.3, -0.25) is 4.79 Å². The molecule has 0 saturated heterocycles. The minimum absolute atomic E-state index is 0.0567. The predicted octanol–water partition coefficient (Wildman–Crippen LogP) is 4.98. The molecule has 3 aromatic carbocycles. The van der Waals surface area contributed by atoms with E-state index in [9.17, 15) is 4.79 Å². The lowest BCUT2D eigenvalue weighted by atomic mass is 9.87. The maximum Gasteiger partial charge on any atom is 0.227 e. The van der Waals surface area contributed by atoms with Crippen LogP contribution < -0.4 is 4.90 Å². The molecule has 1 aliphatic rings. The first-order valence-corrected chi connectivity index (χ1v) is 10.7. The Morgan fingerprint density at radius 2 is 1.47 bits per heavy atom. The van der Waals surface area contributed by atoms with Crippen LogP contribution in [0.1, 0.15) is 29.0 Å². The number of carbonyl (C=O) groups excluding carboxylic acids is 1. The smallest absolute Gasteiger partial charge is 0.227 e. The quantitative estimate of drug-likeness (QED) is 0.585. The van der Waals surface area contributed by atoms with Gasteiger partial charge in [0.15, 0.2) is 0 Å². The molecule has 1 aliphatic heterocycles. The highest BCUT2D eigenvalue weighted by Crippen LogP contribution is 2.34. The summed E-state index contributed by atoms with van der Waals surface area (Å²) in [7, 11) is 4.21. The molecular formula is C27H30N2O. The fourth-order valence-corrected chi connectivity index (χ4v) is 4.64. The maximum atomic E-state index is 13.7. The summed E-state index contributed by atoms with van der Waals surface area (Å²) in [5.74, 6) is 0.704.